The van der Waals surface area contributed by atoms with Crippen LogP contribution in [0.3, 0.4) is 0 Å². The lowest BCUT2D eigenvalue weighted by Crippen LogP contribution is -2.43. The summed E-state index contributed by atoms with van der Waals surface area (Å²) < 4.78 is 13.1. The Labute approximate surface area is 247 Å². The predicted octanol–water partition coefficient (Wildman–Crippen LogP) is 5.60. The van der Waals surface area contributed by atoms with Gasteiger partial charge in [-0.3, -0.25) is 14.5 Å². The Morgan fingerprint density at radius 1 is 1.02 bits per heavy atom. The number of carbonyl (C=O) groups excluding carboxylic acids is 2. The summed E-state index contributed by atoms with van der Waals surface area (Å²) in [5.41, 5.74) is 5.60. The number of rotatable bonds is 6. The van der Waals surface area contributed by atoms with E-state index in [0.717, 1.165) is 59.6 Å². The van der Waals surface area contributed by atoms with Gasteiger partial charge in [0.1, 0.15) is 12.4 Å². The Kier molecular flexibility index (Phi) is 8.10. The Morgan fingerprint density at radius 2 is 1.73 bits per heavy atom. The molecule has 2 amide bonds. The zero-order chi connectivity index (χ0) is 29.5. The van der Waals surface area contributed by atoms with Crippen molar-refractivity contribution in [2.45, 2.75) is 58.1 Å². The van der Waals surface area contributed by atoms with Crippen molar-refractivity contribution in [2.24, 2.45) is 0 Å². The van der Waals surface area contributed by atoms with Gasteiger partial charge in [0.15, 0.2) is 11.5 Å². The van der Waals surface area contributed by atoms with Gasteiger partial charge in [0.05, 0.1) is 36.6 Å². The molecule has 1 fully saturated rings. The van der Waals surface area contributed by atoms with Gasteiger partial charge >= 0.3 is 0 Å². The van der Waals surface area contributed by atoms with Crippen LogP contribution in [0.2, 0.25) is 0 Å². The summed E-state index contributed by atoms with van der Waals surface area (Å²) in [6.45, 7) is 12.0. The minimum atomic E-state index is -0.332. The van der Waals surface area contributed by atoms with Crippen LogP contribution in [0.4, 0.5) is 5.82 Å². The SMILES string of the molecule is COc1ccc(C2SCC(=O)N(CC(=O)N3CCCC3)c3c2c(C(C)(C)C)nn3-c2ccc(C)cc2C)cc1OC. The first-order chi connectivity index (χ1) is 19.5. The van der Waals surface area contributed by atoms with Crippen LogP contribution in [0, 0.1) is 13.8 Å². The zero-order valence-corrected chi connectivity index (χ0v) is 25.9. The second kappa shape index (κ2) is 11.4. The molecular weight excluding hydrogens is 536 g/mol. The number of amides is 2. The van der Waals surface area contributed by atoms with Crippen molar-refractivity contribution in [1.82, 2.24) is 14.7 Å². The third-order valence-corrected chi connectivity index (χ3v) is 9.10. The topological polar surface area (TPSA) is 76.9 Å². The maximum atomic E-state index is 14.0. The first-order valence-corrected chi connectivity index (χ1v) is 15.2. The molecule has 0 aliphatic carbocycles. The number of hydrogen-bond acceptors (Lipinski definition) is 6. The number of hydrogen-bond donors (Lipinski definition) is 0. The molecule has 1 saturated heterocycles. The smallest absolute Gasteiger partial charge is 0.242 e. The first-order valence-electron chi connectivity index (χ1n) is 14.2. The number of anilines is 1. The predicted molar refractivity (Wildman–Crippen MR) is 164 cm³/mol. The lowest BCUT2D eigenvalue weighted by molar-refractivity contribution is -0.130. The molecule has 3 aromatic rings. The van der Waals surface area contributed by atoms with Gasteiger partial charge in [-0.25, -0.2) is 4.68 Å². The van der Waals surface area contributed by atoms with Gasteiger partial charge in [-0.1, -0.05) is 44.5 Å². The minimum absolute atomic E-state index is 0.00870. The minimum Gasteiger partial charge on any atom is -0.493 e. The van der Waals surface area contributed by atoms with Crippen molar-refractivity contribution in [1.29, 1.82) is 0 Å². The van der Waals surface area contributed by atoms with E-state index in [-0.39, 0.29) is 34.8 Å². The van der Waals surface area contributed by atoms with E-state index >= 15 is 0 Å². The first kappa shape index (κ1) is 29.0. The second-order valence-corrected chi connectivity index (χ2v) is 13.0. The van der Waals surface area contributed by atoms with Gasteiger partial charge in [0.2, 0.25) is 11.8 Å². The molecule has 2 aromatic carbocycles. The van der Waals surface area contributed by atoms with E-state index in [1.54, 1.807) is 30.9 Å². The summed E-state index contributed by atoms with van der Waals surface area (Å²) in [6.07, 6.45) is 1.99. The molecule has 218 valence electrons. The third kappa shape index (κ3) is 5.56. The van der Waals surface area contributed by atoms with Crippen LogP contribution < -0.4 is 14.4 Å². The molecule has 9 heteroatoms. The summed E-state index contributed by atoms with van der Waals surface area (Å²) in [5.74, 6) is 2.05. The summed E-state index contributed by atoms with van der Waals surface area (Å²) in [5, 5.41) is 5.02. The summed E-state index contributed by atoms with van der Waals surface area (Å²) in [6, 6.07) is 12.2. The molecule has 2 aliphatic heterocycles. The van der Waals surface area contributed by atoms with Gasteiger partial charge in [0, 0.05) is 24.1 Å². The molecule has 0 bridgehead atoms. The number of benzene rings is 2. The van der Waals surface area contributed by atoms with Crippen LogP contribution in [0.1, 0.15) is 66.8 Å². The zero-order valence-electron chi connectivity index (χ0n) is 25.1. The molecule has 1 atom stereocenters. The fraction of sp³-hybridized carbons (Fsp3) is 0.469. The fourth-order valence-corrected chi connectivity index (χ4v) is 6.95. The highest BCUT2D eigenvalue weighted by Crippen LogP contribution is 2.49. The number of aryl methyl sites for hydroxylation is 2. The Balaban J connectivity index is 1.77. The number of aromatic nitrogens is 2. The number of likely N-dealkylation sites (tertiary alicyclic amines) is 1. The Hall–Kier alpha value is -3.46. The van der Waals surface area contributed by atoms with Gasteiger partial charge in [0.25, 0.3) is 0 Å². The monoisotopic (exact) mass is 576 g/mol. The number of thioether (sulfide) groups is 1. The summed E-state index contributed by atoms with van der Waals surface area (Å²) in [4.78, 5) is 31.0. The molecule has 1 aromatic heterocycles. The van der Waals surface area contributed by atoms with Crippen molar-refractivity contribution in [2.75, 3.05) is 44.5 Å². The van der Waals surface area contributed by atoms with E-state index in [4.69, 9.17) is 14.6 Å². The second-order valence-electron chi connectivity index (χ2n) is 11.9. The number of carbonyl (C=O) groups is 2. The highest BCUT2D eigenvalue weighted by Gasteiger charge is 2.40. The molecule has 1 unspecified atom stereocenters. The van der Waals surface area contributed by atoms with E-state index in [1.807, 2.05) is 27.8 Å². The van der Waals surface area contributed by atoms with Crippen LogP contribution in [0.25, 0.3) is 5.69 Å². The molecule has 41 heavy (non-hydrogen) atoms. The highest BCUT2D eigenvalue weighted by atomic mass is 32.2. The molecule has 3 heterocycles. The van der Waals surface area contributed by atoms with E-state index in [2.05, 4.69) is 52.8 Å². The van der Waals surface area contributed by atoms with Crippen LogP contribution in [-0.2, 0) is 15.0 Å². The van der Waals surface area contributed by atoms with E-state index in [0.29, 0.717) is 17.3 Å². The van der Waals surface area contributed by atoms with Crippen molar-refractivity contribution >= 4 is 29.4 Å². The van der Waals surface area contributed by atoms with Crippen LogP contribution in [0.5, 0.6) is 11.5 Å². The number of ether oxygens (including phenoxy) is 2. The number of nitrogens with zero attached hydrogens (tertiary/aromatic N) is 4. The molecule has 0 spiro atoms. The highest BCUT2D eigenvalue weighted by molar-refractivity contribution is 8.00. The van der Waals surface area contributed by atoms with Crippen molar-refractivity contribution in [3.63, 3.8) is 0 Å². The molecule has 8 nitrogen and oxygen atoms in total. The fourth-order valence-electron chi connectivity index (χ4n) is 5.77. The van der Waals surface area contributed by atoms with E-state index in [1.165, 1.54) is 0 Å². The Bertz CT molecular complexity index is 1470. The van der Waals surface area contributed by atoms with Gasteiger partial charge in [-0.15, -0.1) is 11.8 Å². The summed E-state index contributed by atoms with van der Waals surface area (Å²) >= 11 is 1.56. The van der Waals surface area contributed by atoms with Crippen molar-refractivity contribution in [3.05, 3.63) is 64.3 Å². The quantitative estimate of drug-likeness (QED) is 0.381. The molecule has 0 saturated carbocycles. The molecule has 0 radical (unpaired) electrons. The number of methoxy groups -OCH3 is 2. The molecular formula is C32H40N4O4S. The Morgan fingerprint density at radius 3 is 2.37 bits per heavy atom. The largest absolute Gasteiger partial charge is 0.493 e. The average Bonchev–Trinajstić information content (AvgIpc) is 3.58. The summed E-state index contributed by atoms with van der Waals surface area (Å²) in [7, 11) is 3.25. The lowest BCUT2D eigenvalue weighted by Gasteiger charge is -2.26. The third-order valence-electron chi connectivity index (χ3n) is 7.84. The van der Waals surface area contributed by atoms with Crippen molar-refractivity contribution < 1.29 is 19.1 Å². The maximum Gasteiger partial charge on any atom is 0.242 e. The van der Waals surface area contributed by atoms with Gasteiger partial charge in [-0.05, 0) is 56.0 Å². The van der Waals surface area contributed by atoms with E-state index < -0.39 is 0 Å². The lowest BCUT2D eigenvalue weighted by atomic mass is 9.87. The average molecular weight is 577 g/mol. The maximum absolute atomic E-state index is 14.0. The van der Waals surface area contributed by atoms with Crippen molar-refractivity contribution in [3.8, 4) is 17.2 Å². The standard InChI is InChI=1S/C32H40N4O4S/c1-20-10-12-23(21(2)16-20)36-31-28(30(33-36)32(3,4)5)29(22-11-13-24(39-6)25(17-22)40-7)41-19-27(38)35(31)18-26(37)34-14-8-9-15-34/h10-13,16-17,29H,8-9,14-15,18-19H2,1-7H3. The van der Waals surface area contributed by atoms with Crippen LogP contribution in [-0.4, -0.2) is 66.1 Å². The number of fused-ring (bicyclic) bond motifs is 1. The van der Waals surface area contributed by atoms with Gasteiger partial charge in [-0.2, -0.15) is 5.10 Å². The van der Waals surface area contributed by atoms with E-state index in [9.17, 15) is 9.59 Å². The van der Waals surface area contributed by atoms with Crippen LogP contribution >= 0.6 is 11.8 Å². The molecule has 5 rings (SSSR count). The van der Waals surface area contributed by atoms with Gasteiger partial charge < -0.3 is 14.4 Å². The van der Waals surface area contributed by atoms with Crippen LogP contribution in [0.15, 0.2) is 36.4 Å². The molecule has 0 N–H and O–H groups in total. The normalized spacial score (nSPS) is 17.4. The molecule has 2 aliphatic rings.